The molecular weight excluding hydrogens is 278 g/mol. The zero-order valence-corrected chi connectivity index (χ0v) is 11.6. The Hall–Kier alpha value is -3.35. The van der Waals surface area contributed by atoms with Crippen LogP contribution in [0.25, 0.3) is 11.4 Å². The summed E-state index contributed by atoms with van der Waals surface area (Å²) in [6.07, 6.45) is 13.4. The van der Waals surface area contributed by atoms with Crippen molar-refractivity contribution in [3.63, 3.8) is 0 Å². The molecule has 3 aromatic rings. The standard InChI is InChI=1S/C15H13N7/c16-14(15-19-6-2-7-20-15)4-8-18-12-9-21-22(11-12)13-3-1-5-17-10-13/h1-11H,16H2. The lowest BCUT2D eigenvalue weighted by Gasteiger charge is -1.97. The SMILES string of the molecule is NC(=CC=Nc1cnn(-c2cccnc2)c1)c1ncccn1. The van der Waals surface area contributed by atoms with E-state index < -0.39 is 0 Å². The summed E-state index contributed by atoms with van der Waals surface area (Å²) in [6.45, 7) is 0. The molecule has 108 valence electrons. The maximum atomic E-state index is 5.87. The number of aliphatic imine (C=N–C) groups is 1. The maximum Gasteiger partial charge on any atom is 0.175 e. The van der Waals surface area contributed by atoms with E-state index in [4.69, 9.17) is 5.73 Å². The van der Waals surface area contributed by atoms with Crippen molar-refractivity contribution in [2.75, 3.05) is 0 Å². The first-order chi connectivity index (χ1) is 10.8. The second-order valence-corrected chi connectivity index (χ2v) is 4.33. The summed E-state index contributed by atoms with van der Waals surface area (Å²) in [5, 5.41) is 4.23. The molecule has 7 nitrogen and oxygen atoms in total. The lowest BCUT2D eigenvalue weighted by atomic mass is 10.4. The minimum atomic E-state index is 0.448. The number of aromatic nitrogens is 5. The first-order valence-electron chi connectivity index (χ1n) is 6.55. The topological polar surface area (TPSA) is 94.9 Å². The average molecular weight is 291 g/mol. The molecule has 0 amide bonds. The van der Waals surface area contributed by atoms with E-state index in [9.17, 15) is 0 Å². The predicted molar refractivity (Wildman–Crippen MR) is 83.7 cm³/mol. The van der Waals surface area contributed by atoms with Crippen LogP contribution >= 0.6 is 0 Å². The monoisotopic (exact) mass is 291 g/mol. The summed E-state index contributed by atoms with van der Waals surface area (Å²) in [5.74, 6) is 0.472. The molecule has 0 aliphatic carbocycles. The molecule has 0 fully saturated rings. The molecule has 0 aliphatic rings. The van der Waals surface area contributed by atoms with E-state index in [-0.39, 0.29) is 0 Å². The fourth-order valence-corrected chi connectivity index (χ4v) is 1.74. The Morgan fingerprint density at radius 3 is 2.77 bits per heavy atom. The normalized spacial score (nSPS) is 11.9. The van der Waals surface area contributed by atoms with Gasteiger partial charge in [0, 0.05) is 24.8 Å². The van der Waals surface area contributed by atoms with Crippen LogP contribution in [0.1, 0.15) is 5.82 Å². The van der Waals surface area contributed by atoms with E-state index >= 15 is 0 Å². The highest BCUT2D eigenvalue weighted by molar-refractivity contribution is 5.83. The molecule has 0 atom stereocenters. The van der Waals surface area contributed by atoms with Gasteiger partial charge in [-0.25, -0.2) is 14.6 Å². The zero-order chi connectivity index (χ0) is 15.2. The van der Waals surface area contributed by atoms with Gasteiger partial charge in [0.25, 0.3) is 0 Å². The van der Waals surface area contributed by atoms with Crippen molar-refractivity contribution >= 4 is 17.6 Å². The number of hydrogen-bond acceptors (Lipinski definition) is 6. The van der Waals surface area contributed by atoms with Crippen LogP contribution < -0.4 is 5.73 Å². The molecular formula is C15H13N7. The molecule has 7 heteroatoms. The molecule has 0 bridgehead atoms. The van der Waals surface area contributed by atoms with Gasteiger partial charge in [-0.2, -0.15) is 5.10 Å². The van der Waals surface area contributed by atoms with Gasteiger partial charge in [-0.15, -0.1) is 0 Å². The van der Waals surface area contributed by atoms with Gasteiger partial charge in [-0.05, 0) is 24.3 Å². The van der Waals surface area contributed by atoms with E-state index in [1.807, 2.05) is 12.1 Å². The Morgan fingerprint density at radius 1 is 1.14 bits per heavy atom. The van der Waals surface area contributed by atoms with E-state index in [1.54, 1.807) is 60.2 Å². The van der Waals surface area contributed by atoms with E-state index in [0.29, 0.717) is 17.2 Å². The number of hydrogen-bond donors (Lipinski definition) is 1. The van der Waals surface area contributed by atoms with Gasteiger partial charge in [-0.3, -0.25) is 9.98 Å². The third-order valence-electron chi connectivity index (χ3n) is 2.78. The molecule has 0 aliphatic heterocycles. The minimum Gasteiger partial charge on any atom is -0.396 e. The summed E-state index contributed by atoms with van der Waals surface area (Å²) in [5.41, 5.74) is 7.90. The van der Waals surface area contributed by atoms with E-state index in [0.717, 1.165) is 5.69 Å². The van der Waals surface area contributed by atoms with Gasteiger partial charge in [0.1, 0.15) is 5.69 Å². The van der Waals surface area contributed by atoms with Crippen LogP contribution in [0.5, 0.6) is 0 Å². The van der Waals surface area contributed by atoms with Crippen molar-refractivity contribution in [2.24, 2.45) is 10.7 Å². The number of rotatable bonds is 4. The first kappa shape index (κ1) is 13.6. The van der Waals surface area contributed by atoms with Crippen LogP contribution in [0.2, 0.25) is 0 Å². The van der Waals surface area contributed by atoms with Crippen molar-refractivity contribution in [3.8, 4) is 5.69 Å². The van der Waals surface area contributed by atoms with Crippen LogP contribution in [-0.4, -0.2) is 30.9 Å². The second kappa shape index (κ2) is 6.40. The molecule has 3 rings (SSSR count). The lowest BCUT2D eigenvalue weighted by molar-refractivity contribution is 0.874. The van der Waals surface area contributed by atoms with Crippen LogP contribution in [0.3, 0.4) is 0 Å². The number of nitrogens with two attached hydrogens (primary N) is 1. The number of allylic oxidation sites excluding steroid dienone is 1. The largest absolute Gasteiger partial charge is 0.396 e. The molecule has 0 saturated carbocycles. The average Bonchev–Trinajstić information content (AvgIpc) is 3.05. The number of pyridine rings is 1. The fourth-order valence-electron chi connectivity index (χ4n) is 1.74. The van der Waals surface area contributed by atoms with Gasteiger partial charge in [0.2, 0.25) is 0 Å². The van der Waals surface area contributed by atoms with Crippen molar-refractivity contribution in [2.45, 2.75) is 0 Å². The van der Waals surface area contributed by atoms with Gasteiger partial charge >= 0.3 is 0 Å². The van der Waals surface area contributed by atoms with Gasteiger partial charge in [-0.1, -0.05) is 0 Å². The number of nitrogens with zero attached hydrogens (tertiary/aromatic N) is 6. The Labute approximate surface area is 126 Å². The highest BCUT2D eigenvalue weighted by atomic mass is 15.3. The summed E-state index contributed by atoms with van der Waals surface area (Å²) in [7, 11) is 0. The zero-order valence-electron chi connectivity index (χ0n) is 11.6. The predicted octanol–water partition coefficient (Wildman–Crippen LogP) is 1.76. The summed E-state index contributed by atoms with van der Waals surface area (Å²) < 4.78 is 1.70. The molecule has 22 heavy (non-hydrogen) atoms. The van der Waals surface area contributed by atoms with E-state index in [1.165, 1.54) is 0 Å². The molecule has 3 heterocycles. The van der Waals surface area contributed by atoms with Crippen LogP contribution in [0, 0.1) is 0 Å². The van der Waals surface area contributed by atoms with E-state index in [2.05, 4.69) is 25.0 Å². The molecule has 0 aromatic carbocycles. The van der Waals surface area contributed by atoms with Crippen LogP contribution in [0.15, 0.2) is 66.4 Å². The Bertz CT molecular complexity index is 791. The summed E-state index contributed by atoms with van der Waals surface area (Å²) in [4.78, 5) is 16.4. The lowest BCUT2D eigenvalue weighted by Crippen LogP contribution is -2.01. The second-order valence-electron chi connectivity index (χ2n) is 4.33. The maximum absolute atomic E-state index is 5.87. The minimum absolute atomic E-state index is 0.448. The van der Waals surface area contributed by atoms with Crippen LogP contribution in [-0.2, 0) is 0 Å². The quantitative estimate of drug-likeness (QED) is 0.739. The van der Waals surface area contributed by atoms with Crippen molar-refractivity contribution in [1.29, 1.82) is 0 Å². The van der Waals surface area contributed by atoms with Gasteiger partial charge < -0.3 is 5.73 Å². The third-order valence-corrected chi connectivity index (χ3v) is 2.78. The van der Waals surface area contributed by atoms with Gasteiger partial charge in [0.05, 0.1) is 30.0 Å². The Morgan fingerprint density at radius 2 is 2.00 bits per heavy atom. The van der Waals surface area contributed by atoms with Crippen molar-refractivity contribution in [3.05, 3.63) is 67.3 Å². The van der Waals surface area contributed by atoms with Crippen molar-refractivity contribution < 1.29 is 0 Å². The molecule has 0 saturated heterocycles. The summed E-state index contributed by atoms with van der Waals surface area (Å²) in [6, 6.07) is 5.50. The Balaban J connectivity index is 1.73. The molecule has 3 aromatic heterocycles. The van der Waals surface area contributed by atoms with Crippen molar-refractivity contribution in [1.82, 2.24) is 24.7 Å². The van der Waals surface area contributed by atoms with Crippen LogP contribution in [0.4, 0.5) is 5.69 Å². The fraction of sp³-hybridized carbons (Fsp3) is 0. The first-order valence-corrected chi connectivity index (χ1v) is 6.55. The third kappa shape index (κ3) is 3.21. The smallest absolute Gasteiger partial charge is 0.175 e. The molecule has 0 unspecified atom stereocenters. The highest BCUT2D eigenvalue weighted by Gasteiger charge is 1.99. The molecule has 0 radical (unpaired) electrons. The molecule has 0 spiro atoms. The molecule has 2 N–H and O–H groups in total. The Kier molecular flexibility index (Phi) is 3.96. The van der Waals surface area contributed by atoms with Gasteiger partial charge in [0.15, 0.2) is 5.82 Å². The summed E-state index contributed by atoms with van der Waals surface area (Å²) >= 11 is 0. The highest BCUT2D eigenvalue weighted by Crippen LogP contribution is 2.13.